The Morgan fingerprint density at radius 3 is 2.48 bits per heavy atom. The van der Waals surface area contributed by atoms with Crippen LogP contribution in [0.25, 0.3) is 10.6 Å². The summed E-state index contributed by atoms with van der Waals surface area (Å²) in [5.41, 5.74) is 2.47. The summed E-state index contributed by atoms with van der Waals surface area (Å²) in [6, 6.07) is 16.7. The second kappa shape index (κ2) is 10.4. The summed E-state index contributed by atoms with van der Waals surface area (Å²) in [6.45, 7) is 2.34. The lowest BCUT2D eigenvalue weighted by Gasteiger charge is -2.31. The molecule has 1 aliphatic heterocycles. The Bertz CT molecular complexity index is 1120. The highest BCUT2D eigenvalue weighted by Crippen LogP contribution is 2.24. The molecule has 1 aliphatic rings. The molecule has 1 N–H and O–H groups in total. The van der Waals surface area contributed by atoms with E-state index in [1.807, 2.05) is 47.8 Å². The van der Waals surface area contributed by atoms with Gasteiger partial charge in [0.15, 0.2) is 6.61 Å². The summed E-state index contributed by atoms with van der Waals surface area (Å²) >= 11 is 1.58. The number of hydrogen-bond acceptors (Lipinski definition) is 6. The number of amides is 2. The molecule has 0 aliphatic carbocycles. The fourth-order valence-corrected chi connectivity index (χ4v) is 4.49. The van der Waals surface area contributed by atoms with E-state index in [9.17, 15) is 14.4 Å². The minimum absolute atomic E-state index is 0.0336. The van der Waals surface area contributed by atoms with Crippen LogP contribution in [0.15, 0.2) is 60.0 Å². The Hall–Kier alpha value is -3.52. The van der Waals surface area contributed by atoms with E-state index in [-0.39, 0.29) is 24.3 Å². The first-order valence-corrected chi connectivity index (χ1v) is 11.7. The van der Waals surface area contributed by atoms with E-state index >= 15 is 0 Å². The molecule has 2 aromatic heterocycles. The number of thiophene rings is 1. The van der Waals surface area contributed by atoms with E-state index in [4.69, 9.17) is 4.74 Å². The molecule has 33 heavy (non-hydrogen) atoms. The van der Waals surface area contributed by atoms with Gasteiger partial charge in [0.05, 0.1) is 21.8 Å². The second-order valence-corrected chi connectivity index (χ2v) is 8.84. The highest BCUT2D eigenvalue weighted by molar-refractivity contribution is 7.13. The van der Waals surface area contributed by atoms with Crippen molar-refractivity contribution in [2.24, 2.45) is 5.92 Å². The highest BCUT2D eigenvalue weighted by atomic mass is 32.1. The van der Waals surface area contributed by atoms with Crippen molar-refractivity contribution in [1.29, 1.82) is 0 Å². The molecule has 0 atom stereocenters. The number of pyridine rings is 1. The third-order valence-electron chi connectivity index (χ3n) is 5.67. The van der Waals surface area contributed by atoms with Crippen molar-refractivity contribution in [3.8, 4) is 10.6 Å². The van der Waals surface area contributed by atoms with Gasteiger partial charge in [-0.2, -0.15) is 0 Å². The van der Waals surface area contributed by atoms with Crippen molar-refractivity contribution in [1.82, 2.24) is 9.88 Å². The van der Waals surface area contributed by atoms with Crippen molar-refractivity contribution in [2.45, 2.75) is 19.8 Å². The summed E-state index contributed by atoms with van der Waals surface area (Å²) in [7, 11) is 0. The summed E-state index contributed by atoms with van der Waals surface area (Å²) < 4.78 is 5.26. The molecule has 0 bridgehead atoms. The SMILES string of the molecule is Cc1nc(-c2cccs2)ccc1C(=O)OCC(=O)N1CCC(C(=O)Nc2ccccc2)CC1. The quantitative estimate of drug-likeness (QED) is 0.555. The van der Waals surface area contributed by atoms with E-state index < -0.39 is 5.97 Å². The number of esters is 1. The van der Waals surface area contributed by atoms with Gasteiger partial charge in [0, 0.05) is 24.7 Å². The molecule has 0 spiro atoms. The van der Waals surface area contributed by atoms with Gasteiger partial charge in [-0.3, -0.25) is 14.6 Å². The number of nitrogens with one attached hydrogen (secondary N) is 1. The second-order valence-electron chi connectivity index (χ2n) is 7.89. The molecule has 0 unspecified atom stereocenters. The Kier molecular flexibility index (Phi) is 7.14. The van der Waals surface area contributed by atoms with Crippen LogP contribution in [0.2, 0.25) is 0 Å². The summed E-state index contributed by atoms with van der Waals surface area (Å²) in [5, 5.41) is 4.89. The van der Waals surface area contributed by atoms with Gasteiger partial charge in [0.25, 0.3) is 5.91 Å². The van der Waals surface area contributed by atoms with Crippen LogP contribution in [0, 0.1) is 12.8 Å². The molecule has 0 saturated carbocycles. The average Bonchev–Trinajstić information content (AvgIpc) is 3.38. The maximum Gasteiger partial charge on any atom is 0.340 e. The standard InChI is InChI=1S/C25H25N3O4S/c1-17-20(9-10-21(26-17)22-8-5-15-33-22)25(31)32-16-23(29)28-13-11-18(12-14-28)24(30)27-19-6-3-2-4-7-19/h2-10,15,18H,11-14,16H2,1H3,(H,27,30). The predicted octanol–water partition coefficient (Wildman–Crippen LogP) is 4.15. The minimum atomic E-state index is -0.566. The van der Waals surface area contributed by atoms with Crippen LogP contribution in [-0.4, -0.2) is 47.4 Å². The third-order valence-corrected chi connectivity index (χ3v) is 6.56. The van der Waals surface area contributed by atoms with Crippen molar-refractivity contribution < 1.29 is 19.1 Å². The number of hydrogen-bond donors (Lipinski definition) is 1. The lowest BCUT2D eigenvalue weighted by molar-refractivity contribution is -0.137. The molecular weight excluding hydrogens is 438 g/mol. The van der Waals surface area contributed by atoms with Gasteiger partial charge in [-0.15, -0.1) is 11.3 Å². The molecule has 0 radical (unpaired) electrons. The number of aromatic nitrogens is 1. The van der Waals surface area contributed by atoms with Gasteiger partial charge in [0.1, 0.15) is 0 Å². The number of para-hydroxylation sites is 1. The number of nitrogens with zero attached hydrogens (tertiary/aromatic N) is 2. The van der Waals surface area contributed by atoms with Crippen molar-refractivity contribution in [2.75, 3.05) is 25.0 Å². The average molecular weight is 464 g/mol. The van der Waals surface area contributed by atoms with Crippen LogP contribution < -0.4 is 5.32 Å². The molecule has 1 aromatic carbocycles. The first-order chi connectivity index (χ1) is 16.0. The largest absolute Gasteiger partial charge is 0.452 e. The molecule has 4 rings (SSSR count). The van der Waals surface area contributed by atoms with Crippen LogP contribution >= 0.6 is 11.3 Å². The number of aryl methyl sites for hydroxylation is 1. The van der Waals surface area contributed by atoms with Gasteiger partial charge >= 0.3 is 5.97 Å². The lowest BCUT2D eigenvalue weighted by Crippen LogP contribution is -2.43. The molecule has 2 amide bonds. The number of benzene rings is 1. The van der Waals surface area contributed by atoms with Crippen molar-refractivity contribution in [3.63, 3.8) is 0 Å². The van der Waals surface area contributed by atoms with Gasteiger partial charge in [-0.05, 0) is 55.5 Å². The predicted molar refractivity (Wildman–Crippen MR) is 127 cm³/mol. The molecule has 1 saturated heterocycles. The number of rotatable bonds is 6. The number of anilines is 1. The Morgan fingerprint density at radius 2 is 1.82 bits per heavy atom. The number of carbonyl (C=O) groups is 3. The zero-order valence-electron chi connectivity index (χ0n) is 18.3. The zero-order chi connectivity index (χ0) is 23.2. The van der Waals surface area contributed by atoms with Crippen LogP contribution in [0.5, 0.6) is 0 Å². The van der Waals surface area contributed by atoms with Crippen LogP contribution in [0.4, 0.5) is 5.69 Å². The van der Waals surface area contributed by atoms with Crippen LogP contribution in [0.1, 0.15) is 28.9 Å². The zero-order valence-corrected chi connectivity index (χ0v) is 19.1. The molecule has 170 valence electrons. The number of likely N-dealkylation sites (tertiary alicyclic amines) is 1. The smallest absolute Gasteiger partial charge is 0.340 e. The lowest BCUT2D eigenvalue weighted by atomic mass is 9.95. The van der Waals surface area contributed by atoms with Crippen molar-refractivity contribution >= 4 is 34.8 Å². The molecular formula is C25H25N3O4S. The van der Waals surface area contributed by atoms with Gasteiger partial charge in [0.2, 0.25) is 5.91 Å². The third kappa shape index (κ3) is 5.64. The molecule has 8 heteroatoms. The van der Waals surface area contributed by atoms with Gasteiger partial charge in [-0.1, -0.05) is 24.3 Å². The van der Waals surface area contributed by atoms with Gasteiger partial charge in [-0.25, -0.2) is 4.79 Å². The molecule has 3 heterocycles. The molecule has 7 nitrogen and oxygen atoms in total. The van der Waals surface area contributed by atoms with Crippen LogP contribution in [-0.2, 0) is 14.3 Å². The monoisotopic (exact) mass is 463 g/mol. The topological polar surface area (TPSA) is 88.6 Å². The number of piperidine rings is 1. The Morgan fingerprint density at radius 1 is 1.06 bits per heavy atom. The molecule has 3 aromatic rings. The fraction of sp³-hybridized carbons (Fsp3) is 0.280. The summed E-state index contributed by atoms with van der Waals surface area (Å²) in [4.78, 5) is 44.6. The van der Waals surface area contributed by atoms with Crippen LogP contribution in [0.3, 0.4) is 0 Å². The van der Waals surface area contributed by atoms with E-state index in [1.54, 1.807) is 35.3 Å². The van der Waals surface area contributed by atoms with E-state index in [0.717, 1.165) is 16.3 Å². The minimum Gasteiger partial charge on any atom is -0.452 e. The maximum atomic E-state index is 12.5. The van der Waals surface area contributed by atoms with E-state index in [2.05, 4.69) is 10.3 Å². The summed E-state index contributed by atoms with van der Waals surface area (Å²) in [5.74, 6) is -1.00. The van der Waals surface area contributed by atoms with E-state index in [1.165, 1.54) is 0 Å². The number of carbonyl (C=O) groups excluding carboxylic acids is 3. The Labute approximate surface area is 196 Å². The Balaban J connectivity index is 1.25. The normalized spacial score (nSPS) is 14.0. The summed E-state index contributed by atoms with van der Waals surface area (Å²) in [6.07, 6.45) is 1.15. The highest BCUT2D eigenvalue weighted by Gasteiger charge is 2.28. The first-order valence-electron chi connectivity index (χ1n) is 10.8. The fourth-order valence-electron chi connectivity index (χ4n) is 3.79. The van der Waals surface area contributed by atoms with Crippen molar-refractivity contribution in [3.05, 3.63) is 71.2 Å². The van der Waals surface area contributed by atoms with Gasteiger partial charge < -0.3 is 15.0 Å². The first kappa shape index (κ1) is 22.7. The maximum absolute atomic E-state index is 12.5. The molecule has 1 fully saturated rings. The number of ether oxygens (including phenoxy) is 1. The van der Waals surface area contributed by atoms with E-state index in [0.29, 0.717) is 37.2 Å².